The number of aliphatic imine (C=N–C) groups is 2. The van der Waals surface area contributed by atoms with Crippen molar-refractivity contribution in [1.82, 2.24) is 4.57 Å². The van der Waals surface area contributed by atoms with Crippen LogP contribution in [0.5, 0.6) is 0 Å². The molecule has 0 fully saturated rings. The van der Waals surface area contributed by atoms with E-state index >= 15 is 0 Å². The summed E-state index contributed by atoms with van der Waals surface area (Å²) in [6.07, 6.45) is 2.06. The summed E-state index contributed by atoms with van der Waals surface area (Å²) in [7, 11) is 0. The Kier molecular flexibility index (Phi) is 8.46. The van der Waals surface area contributed by atoms with Crippen molar-refractivity contribution in [2.24, 2.45) is 9.98 Å². The molecule has 0 N–H and O–H groups in total. The summed E-state index contributed by atoms with van der Waals surface area (Å²) in [4.78, 5) is 10.7. The van der Waals surface area contributed by atoms with Gasteiger partial charge in [-0.25, -0.2) is 9.98 Å². The van der Waals surface area contributed by atoms with Gasteiger partial charge in [0.25, 0.3) is 0 Å². The predicted octanol–water partition coefficient (Wildman–Crippen LogP) is 14.4. The normalized spacial score (nSPS) is 12.8. The van der Waals surface area contributed by atoms with Crippen LogP contribution in [0.2, 0.25) is 0 Å². The van der Waals surface area contributed by atoms with E-state index in [0.717, 1.165) is 33.7 Å². The fourth-order valence-corrected chi connectivity index (χ4v) is 9.32. The SMILES string of the molecule is C/C=C(\N=C(N=C(C)n1c2ccc(-c3ccc4ccccc4c3)cc2c2ccc3sc4c(-c5ccccc5)cccc4c3c21)c1ccccc1)c1ccccc1. The summed E-state index contributed by atoms with van der Waals surface area (Å²) in [5, 5.41) is 7.37. The lowest BCUT2D eigenvalue weighted by molar-refractivity contribution is 1.25. The topological polar surface area (TPSA) is 29.6 Å². The number of amidine groups is 1. The number of thiophene rings is 1. The Balaban J connectivity index is 1.26. The summed E-state index contributed by atoms with van der Waals surface area (Å²) < 4.78 is 4.91. The minimum absolute atomic E-state index is 0.663. The molecule has 0 aliphatic carbocycles. The molecule has 0 aliphatic heterocycles. The maximum atomic E-state index is 5.45. The Bertz CT molecular complexity index is 3180. The zero-order chi connectivity index (χ0) is 37.6. The van der Waals surface area contributed by atoms with Crippen LogP contribution in [0.1, 0.15) is 25.0 Å². The zero-order valence-electron chi connectivity index (χ0n) is 31.1. The van der Waals surface area contributed by atoms with Crippen LogP contribution >= 0.6 is 11.3 Å². The molecule has 0 unspecified atom stereocenters. The van der Waals surface area contributed by atoms with Crippen molar-refractivity contribution in [3.63, 3.8) is 0 Å². The van der Waals surface area contributed by atoms with Gasteiger partial charge in [0.2, 0.25) is 0 Å². The average molecular weight is 736 g/mol. The average Bonchev–Trinajstić information content (AvgIpc) is 3.81. The molecule has 8 aromatic carbocycles. The highest BCUT2D eigenvalue weighted by molar-refractivity contribution is 7.26. The molecule has 3 nitrogen and oxygen atoms in total. The summed E-state index contributed by atoms with van der Waals surface area (Å²) in [5.74, 6) is 1.51. The summed E-state index contributed by atoms with van der Waals surface area (Å²) in [5.41, 5.74) is 10.0. The lowest BCUT2D eigenvalue weighted by Crippen LogP contribution is -2.11. The van der Waals surface area contributed by atoms with Crippen LogP contribution in [-0.2, 0) is 0 Å². The lowest BCUT2D eigenvalue weighted by atomic mass is 9.99. The third-order valence-corrected chi connectivity index (χ3v) is 12.0. The van der Waals surface area contributed by atoms with Crippen LogP contribution in [0.3, 0.4) is 0 Å². The third kappa shape index (κ3) is 5.83. The second-order valence-electron chi connectivity index (χ2n) is 14.1. The van der Waals surface area contributed by atoms with Gasteiger partial charge in [-0.15, -0.1) is 11.3 Å². The fourth-order valence-electron chi connectivity index (χ4n) is 8.08. The summed E-state index contributed by atoms with van der Waals surface area (Å²) >= 11 is 1.86. The molecule has 0 spiro atoms. The molecular formula is C52H37N3S. The first-order chi connectivity index (χ1) is 27.6. The Labute approximate surface area is 329 Å². The Morgan fingerprint density at radius 3 is 1.98 bits per heavy atom. The van der Waals surface area contributed by atoms with E-state index in [0.29, 0.717) is 5.84 Å². The first kappa shape index (κ1) is 33.7. The minimum Gasteiger partial charge on any atom is -0.297 e. The van der Waals surface area contributed by atoms with Crippen LogP contribution in [0, 0.1) is 0 Å². The molecule has 0 atom stereocenters. The Hall–Kier alpha value is -6.88. The molecule has 0 saturated heterocycles. The van der Waals surface area contributed by atoms with Crippen LogP contribution in [-0.4, -0.2) is 16.2 Å². The standard InChI is InChI=1S/C52H37N3S/c1-3-46(37-19-9-5-10-20-37)54-52(38-21-11-6-12-22-38)53-34(2)55-47-30-28-41(40-27-26-35-16-13-14-23-39(35)32-40)33-45(47)43-29-31-48-49(50(43)55)44-25-15-24-42(51(44)56-48)36-17-7-4-8-18-36/h3-33H,1-2H3/b46-3-,53-34?,54-52?. The van der Waals surface area contributed by atoms with Gasteiger partial charge in [-0.2, -0.15) is 0 Å². The van der Waals surface area contributed by atoms with Gasteiger partial charge in [0.1, 0.15) is 5.84 Å². The van der Waals surface area contributed by atoms with Gasteiger partial charge in [0.05, 0.1) is 16.7 Å². The van der Waals surface area contributed by atoms with E-state index in [1.165, 1.54) is 64.0 Å². The van der Waals surface area contributed by atoms with E-state index in [1.807, 2.05) is 42.5 Å². The molecule has 10 rings (SSSR count). The Morgan fingerprint density at radius 1 is 0.536 bits per heavy atom. The van der Waals surface area contributed by atoms with Gasteiger partial charge in [-0.05, 0) is 76.7 Å². The number of allylic oxidation sites excluding steroid dienone is 1. The highest BCUT2D eigenvalue weighted by Crippen LogP contribution is 2.45. The highest BCUT2D eigenvalue weighted by atomic mass is 32.1. The quantitative estimate of drug-likeness (QED) is 0.124. The second kappa shape index (κ2) is 14.1. The van der Waals surface area contributed by atoms with Gasteiger partial charge in [-0.3, -0.25) is 4.57 Å². The van der Waals surface area contributed by atoms with Gasteiger partial charge in [-0.1, -0.05) is 164 Å². The molecule has 2 aromatic heterocycles. The number of nitrogens with zero attached hydrogens (tertiary/aromatic N) is 3. The lowest BCUT2D eigenvalue weighted by Gasteiger charge is -2.11. The van der Waals surface area contributed by atoms with E-state index in [4.69, 9.17) is 9.98 Å². The van der Waals surface area contributed by atoms with Crippen molar-refractivity contribution < 1.29 is 0 Å². The molecule has 0 aliphatic rings. The largest absolute Gasteiger partial charge is 0.297 e. The van der Waals surface area contributed by atoms with Crippen molar-refractivity contribution in [3.05, 3.63) is 199 Å². The van der Waals surface area contributed by atoms with Crippen molar-refractivity contribution >= 4 is 81.5 Å². The van der Waals surface area contributed by atoms with Crippen molar-refractivity contribution in [1.29, 1.82) is 0 Å². The van der Waals surface area contributed by atoms with Crippen LogP contribution in [0.15, 0.2) is 198 Å². The number of rotatable bonds is 5. The molecule has 0 amide bonds. The van der Waals surface area contributed by atoms with Crippen molar-refractivity contribution in [3.8, 4) is 22.3 Å². The molecule has 0 radical (unpaired) electrons. The first-order valence-electron chi connectivity index (χ1n) is 19.0. The molecule has 10 aromatic rings. The van der Waals surface area contributed by atoms with E-state index in [1.54, 1.807) is 0 Å². The van der Waals surface area contributed by atoms with Crippen molar-refractivity contribution in [2.75, 3.05) is 0 Å². The third-order valence-electron chi connectivity index (χ3n) is 10.7. The molecule has 0 saturated carbocycles. The minimum atomic E-state index is 0.663. The first-order valence-corrected chi connectivity index (χ1v) is 19.8. The van der Waals surface area contributed by atoms with E-state index in [-0.39, 0.29) is 0 Å². The molecule has 56 heavy (non-hydrogen) atoms. The molecule has 4 heteroatoms. The van der Waals surface area contributed by atoms with Gasteiger partial charge in [0.15, 0.2) is 5.84 Å². The highest BCUT2D eigenvalue weighted by Gasteiger charge is 2.21. The van der Waals surface area contributed by atoms with E-state index in [9.17, 15) is 0 Å². The zero-order valence-corrected chi connectivity index (χ0v) is 32.0. The molecule has 0 bridgehead atoms. The van der Waals surface area contributed by atoms with Crippen LogP contribution < -0.4 is 0 Å². The van der Waals surface area contributed by atoms with Crippen molar-refractivity contribution in [2.45, 2.75) is 13.8 Å². The fraction of sp³-hybridized carbons (Fsp3) is 0.0385. The summed E-state index contributed by atoms with van der Waals surface area (Å²) in [6.45, 7) is 4.16. The number of benzene rings is 8. The number of aromatic nitrogens is 1. The predicted molar refractivity (Wildman–Crippen MR) is 242 cm³/mol. The van der Waals surface area contributed by atoms with E-state index in [2.05, 4.69) is 175 Å². The molecule has 2 heterocycles. The smallest absolute Gasteiger partial charge is 0.161 e. The number of hydrogen-bond acceptors (Lipinski definition) is 2. The monoisotopic (exact) mass is 735 g/mol. The maximum Gasteiger partial charge on any atom is 0.161 e. The number of fused-ring (bicyclic) bond motifs is 8. The maximum absolute atomic E-state index is 5.45. The van der Waals surface area contributed by atoms with Gasteiger partial charge >= 0.3 is 0 Å². The number of hydrogen-bond donors (Lipinski definition) is 0. The molecule has 266 valence electrons. The summed E-state index contributed by atoms with van der Waals surface area (Å²) in [6, 6.07) is 64.9. The van der Waals surface area contributed by atoms with Gasteiger partial charge < -0.3 is 0 Å². The second-order valence-corrected chi connectivity index (χ2v) is 15.2. The van der Waals surface area contributed by atoms with E-state index < -0.39 is 0 Å². The molecular weight excluding hydrogens is 699 g/mol. The van der Waals surface area contributed by atoms with Crippen LogP contribution in [0.4, 0.5) is 0 Å². The van der Waals surface area contributed by atoms with Crippen LogP contribution in [0.25, 0.3) is 80.7 Å². The van der Waals surface area contributed by atoms with Gasteiger partial charge in [0, 0.05) is 36.5 Å². The Morgan fingerprint density at radius 2 is 1.21 bits per heavy atom.